The summed E-state index contributed by atoms with van der Waals surface area (Å²) in [5, 5.41) is 10.3. The predicted octanol–water partition coefficient (Wildman–Crippen LogP) is 2.99. The first-order valence-electron chi connectivity index (χ1n) is 8.88. The molecule has 8 nitrogen and oxygen atoms in total. The smallest absolute Gasteiger partial charge is 0.325 e. The summed E-state index contributed by atoms with van der Waals surface area (Å²) < 4.78 is 37.5. The van der Waals surface area contributed by atoms with E-state index in [9.17, 15) is 18.4 Å². The van der Waals surface area contributed by atoms with Gasteiger partial charge in [-0.2, -0.15) is 0 Å². The molecule has 0 aliphatic carbocycles. The van der Waals surface area contributed by atoms with E-state index >= 15 is 0 Å². The van der Waals surface area contributed by atoms with E-state index in [1.54, 1.807) is 31.4 Å². The summed E-state index contributed by atoms with van der Waals surface area (Å²) >= 11 is 0. The van der Waals surface area contributed by atoms with Crippen molar-refractivity contribution in [2.24, 2.45) is 0 Å². The number of amides is 3. The number of carbonyl (C=O) groups is 2. The number of imide groups is 1. The first-order chi connectivity index (χ1) is 14.3. The summed E-state index contributed by atoms with van der Waals surface area (Å²) in [4.78, 5) is 26.2. The van der Waals surface area contributed by atoms with Crippen molar-refractivity contribution < 1.29 is 27.5 Å². The summed E-state index contributed by atoms with van der Waals surface area (Å²) in [7, 11) is 1.55. The highest BCUT2D eigenvalue weighted by molar-refractivity contribution is 6.07. The van der Waals surface area contributed by atoms with Gasteiger partial charge in [0.1, 0.15) is 17.8 Å². The van der Waals surface area contributed by atoms with Crippen LogP contribution >= 0.6 is 0 Å². The van der Waals surface area contributed by atoms with Gasteiger partial charge in [-0.15, -0.1) is 10.2 Å². The Hall–Kier alpha value is -3.82. The Morgan fingerprint density at radius 1 is 1.10 bits per heavy atom. The molecule has 0 bridgehead atoms. The number of hydrogen-bond acceptors (Lipinski definition) is 6. The maximum atomic E-state index is 13.6. The average molecular weight is 414 g/mol. The van der Waals surface area contributed by atoms with Crippen LogP contribution in [-0.4, -0.2) is 34.1 Å². The van der Waals surface area contributed by atoms with Gasteiger partial charge in [0.25, 0.3) is 5.91 Å². The van der Waals surface area contributed by atoms with Crippen molar-refractivity contribution in [1.29, 1.82) is 0 Å². The monoisotopic (exact) mass is 414 g/mol. The molecule has 0 spiro atoms. The van der Waals surface area contributed by atoms with Crippen LogP contribution in [0.5, 0.6) is 5.75 Å². The van der Waals surface area contributed by atoms with Gasteiger partial charge in [0.05, 0.1) is 7.11 Å². The Morgan fingerprint density at radius 2 is 1.83 bits per heavy atom. The minimum atomic E-state index is -1.55. The maximum Gasteiger partial charge on any atom is 0.325 e. The van der Waals surface area contributed by atoms with Crippen molar-refractivity contribution in [2.75, 3.05) is 7.11 Å². The molecule has 0 unspecified atom stereocenters. The fraction of sp³-hybridized carbons (Fsp3) is 0.200. The molecule has 1 aliphatic rings. The number of nitrogens with zero attached hydrogens (tertiary/aromatic N) is 3. The van der Waals surface area contributed by atoms with E-state index in [4.69, 9.17) is 9.15 Å². The zero-order chi connectivity index (χ0) is 21.5. The lowest BCUT2D eigenvalue weighted by Gasteiger charge is -2.22. The lowest BCUT2D eigenvalue weighted by atomic mass is 9.92. The molecule has 4 rings (SSSR count). The molecule has 154 valence electrons. The normalized spacial score (nSPS) is 18.6. The summed E-state index contributed by atoms with van der Waals surface area (Å²) in [6.45, 7) is 1.14. The minimum Gasteiger partial charge on any atom is -0.497 e. The van der Waals surface area contributed by atoms with Crippen molar-refractivity contribution in [3.05, 3.63) is 65.6 Å². The van der Waals surface area contributed by atoms with E-state index in [1.165, 1.54) is 13.0 Å². The number of aromatic nitrogens is 2. The van der Waals surface area contributed by atoms with Crippen LogP contribution in [0.4, 0.5) is 13.6 Å². The third-order valence-electron chi connectivity index (χ3n) is 4.87. The van der Waals surface area contributed by atoms with Crippen molar-refractivity contribution in [1.82, 2.24) is 20.4 Å². The largest absolute Gasteiger partial charge is 0.497 e. The van der Waals surface area contributed by atoms with Crippen LogP contribution in [0.3, 0.4) is 0 Å². The highest BCUT2D eigenvalue weighted by atomic mass is 19.2. The summed E-state index contributed by atoms with van der Waals surface area (Å²) in [5.74, 6) is -1.90. The van der Waals surface area contributed by atoms with Gasteiger partial charge in [0.15, 0.2) is 11.6 Å². The highest BCUT2D eigenvalue weighted by Gasteiger charge is 2.49. The Bertz CT molecular complexity index is 1130. The molecule has 1 aliphatic heterocycles. The minimum absolute atomic E-state index is 0.0406. The molecule has 2 aromatic carbocycles. The number of carbonyl (C=O) groups excluding carboxylic acids is 2. The molecule has 1 saturated heterocycles. The van der Waals surface area contributed by atoms with Gasteiger partial charge in [-0.3, -0.25) is 9.69 Å². The molecule has 1 atom stereocenters. The van der Waals surface area contributed by atoms with Crippen molar-refractivity contribution in [2.45, 2.75) is 19.0 Å². The second-order valence-corrected chi connectivity index (χ2v) is 6.80. The number of halogens is 2. The SMILES string of the molecule is COc1ccc(-c2nnc(CN3C(=O)N[C@@](C)(c4ccc(F)c(F)c4)C3=O)o2)cc1. The third kappa shape index (κ3) is 3.25. The first kappa shape index (κ1) is 19.5. The van der Waals surface area contributed by atoms with Crippen molar-refractivity contribution in [3.63, 3.8) is 0 Å². The fourth-order valence-corrected chi connectivity index (χ4v) is 3.15. The molecular weight excluding hydrogens is 398 g/mol. The van der Waals surface area contributed by atoms with E-state index in [-0.39, 0.29) is 23.9 Å². The number of methoxy groups -OCH3 is 1. The van der Waals surface area contributed by atoms with Gasteiger partial charge in [-0.1, -0.05) is 6.07 Å². The summed E-state index contributed by atoms with van der Waals surface area (Å²) in [5.41, 5.74) is -0.796. The molecule has 0 saturated carbocycles. The number of ether oxygens (including phenoxy) is 1. The van der Waals surface area contributed by atoms with E-state index in [0.29, 0.717) is 11.3 Å². The van der Waals surface area contributed by atoms with E-state index in [0.717, 1.165) is 17.0 Å². The second kappa shape index (κ2) is 7.21. The Balaban J connectivity index is 1.55. The number of rotatable bonds is 5. The number of benzene rings is 2. The lowest BCUT2D eigenvalue weighted by Crippen LogP contribution is -2.41. The van der Waals surface area contributed by atoms with Crippen LogP contribution in [0.1, 0.15) is 18.4 Å². The number of nitrogens with one attached hydrogen (secondary N) is 1. The standard InChI is InChI=1S/C20H16F2N4O4/c1-20(12-5-8-14(21)15(22)9-12)18(27)26(19(28)23-20)10-16-24-25-17(30-16)11-3-6-13(29-2)7-4-11/h3-9H,10H2,1-2H3,(H,23,28)/t20-/m0/s1. The molecule has 1 aromatic heterocycles. The van der Waals surface area contributed by atoms with E-state index < -0.39 is 29.1 Å². The van der Waals surface area contributed by atoms with E-state index in [2.05, 4.69) is 15.5 Å². The zero-order valence-corrected chi connectivity index (χ0v) is 16.0. The molecule has 3 aromatic rings. The van der Waals surface area contributed by atoms with Gasteiger partial charge in [-0.05, 0) is 48.9 Å². The second-order valence-electron chi connectivity index (χ2n) is 6.80. The first-order valence-corrected chi connectivity index (χ1v) is 8.88. The molecule has 10 heteroatoms. The van der Waals surface area contributed by atoms with Crippen molar-refractivity contribution in [3.8, 4) is 17.2 Å². The van der Waals surface area contributed by atoms with Crippen LogP contribution in [-0.2, 0) is 16.9 Å². The molecule has 2 heterocycles. The van der Waals surface area contributed by atoms with Gasteiger partial charge in [-0.25, -0.2) is 13.6 Å². The fourth-order valence-electron chi connectivity index (χ4n) is 3.15. The topological polar surface area (TPSA) is 97.6 Å². The molecular formula is C20H16F2N4O4. The van der Waals surface area contributed by atoms with Gasteiger partial charge < -0.3 is 14.5 Å². The molecule has 30 heavy (non-hydrogen) atoms. The molecule has 0 radical (unpaired) electrons. The Morgan fingerprint density at radius 3 is 2.50 bits per heavy atom. The van der Waals surface area contributed by atoms with Crippen LogP contribution in [0.15, 0.2) is 46.9 Å². The quantitative estimate of drug-likeness (QED) is 0.645. The predicted molar refractivity (Wildman–Crippen MR) is 99.1 cm³/mol. The number of hydrogen-bond donors (Lipinski definition) is 1. The van der Waals surface area contributed by atoms with Crippen LogP contribution in [0.25, 0.3) is 11.5 Å². The Kier molecular flexibility index (Phi) is 4.69. The number of urea groups is 1. The average Bonchev–Trinajstić information content (AvgIpc) is 3.29. The van der Waals surface area contributed by atoms with Crippen LogP contribution in [0, 0.1) is 11.6 Å². The summed E-state index contributed by atoms with van der Waals surface area (Å²) in [6.07, 6.45) is 0. The van der Waals surface area contributed by atoms with Crippen LogP contribution < -0.4 is 10.1 Å². The Labute approximate surface area is 169 Å². The van der Waals surface area contributed by atoms with Gasteiger partial charge in [0.2, 0.25) is 11.8 Å². The highest BCUT2D eigenvalue weighted by Crippen LogP contribution is 2.31. The van der Waals surface area contributed by atoms with E-state index in [1.807, 2.05) is 0 Å². The van der Waals surface area contributed by atoms with Gasteiger partial charge in [0, 0.05) is 5.56 Å². The van der Waals surface area contributed by atoms with Crippen molar-refractivity contribution >= 4 is 11.9 Å². The molecule has 1 N–H and O–H groups in total. The van der Waals surface area contributed by atoms with Crippen LogP contribution in [0.2, 0.25) is 0 Å². The summed E-state index contributed by atoms with van der Waals surface area (Å²) in [6, 6.07) is 9.22. The third-order valence-corrected chi connectivity index (χ3v) is 4.87. The zero-order valence-electron chi connectivity index (χ0n) is 16.0. The molecule has 3 amide bonds. The lowest BCUT2D eigenvalue weighted by molar-refractivity contribution is -0.131. The maximum absolute atomic E-state index is 13.6. The molecule has 1 fully saturated rings. The van der Waals surface area contributed by atoms with Gasteiger partial charge >= 0.3 is 6.03 Å².